The van der Waals surface area contributed by atoms with Crippen LogP contribution in [0.2, 0.25) is 0 Å². The average molecular weight is 394 g/mol. The number of nitrogens with zero attached hydrogens (tertiary/aromatic N) is 1. The molecule has 3 rings (SSSR count). The Balaban J connectivity index is 1.89. The molecule has 0 saturated carbocycles. The van der Waals surface area contributed by atoms with Gasteiger partial charge in [-0.05, 0) is 11.1 Å². The highest BCUT2D eigenvalue weighted by Gasteiger charge is 2.26. The second-order valence-corrected chi connectivity index (χ2v) is 6.29. The highest BCUT2D eigenvalue weighted by Crippen LogP contribution is 2.31. The van der Waals surface area contributed by atoms with Crippen molar-refractivity contribution in [2.24, 2.45) is 0 Å². The van der Waals surface area contributed by atoms with Crippen LogP contribution in [0.3, 0.4) is 0 Å². The van der Waals surface area contributed by atoms with Crippen molar-refractivity contribution in [1.82, 2.24) is 0 Å². The number of esters is 1. The molecule has 0 atom stereocenters. The van der Waals surface area contributed by atoms with Crippen molar-refractivity contribution < 1.29 is 28.6 Å². The normalized spacial score (nSPS) is 10.3. The molecule has 0 aliphatic carbocycles. The maximum Gasteiger partial charge on any atom is 0.316 e. The Morgan fingerprint density at radius 1 is 0.828 bits per heavy atom. The number of pyridine rings is 1. The van der Waals surface area contributed by atoms with Crippen molar-refractivity contribution >= 4 is 5.97 Å². The number of hydrogen-bond donors (Lipinski definition) is 0. The molecule has 2 aromatic carbocycles. The van der Waals surface area contributed by atoms with Gasteiger partial charge < -0.3 is 14.2 Å². The Labute approximate surface area is 170 Å². The first-order valence-corrected chi connectivity index (χ1v) is 9.26. The highest BCUT2D eigenvalue weighted by atomic mass is 16.6. The lowest BCUT2D eigenvalue weighted by Gasteiger charge is -2.14. The maximum absolute atomic E-state index is 11.4. The molecule has 1 heterocycles. The van der Waals surface area contributed by atoms with Crippen LogP contribution in [0.25, 0.3) is 0 Å². The first-order valence-electron chi connectivity index (χ1n) is 9.26. The lowest BCUT2D eigenvalue weighted by molar-refractivity contribution is -0.891. The third-order valence-electron chi connectivity index (χ3n) is 4.19. The summed E-state index contributed by atoms with van der Waals surface area (Å²) >= 11 is 0. The number of carbonyl (C=O) groups is 1. The van der Waals surface area contributed by atoms with E-state index in [1.165, 1.54) is 18.8 Å². The molecule has 0 bridgehead atoms. The van der Waals surface area contributed by atoms with Crippen LogP contribution in [0.5, 0.6) is 11.5 Å². The summed E-state index contributed by atoms with van der Waals surface area (Å²) in [5.74, 6) is 0.618. The van der Waals surface area contributed by atoms with Gasteiger partial charge in [0.2, 0.25) is 11.9 Å². The van der Waals surface area contributed by atoms with Gasteiger partial charge in [-0.3, -0.25) is 9.63 Å². The van der Waals surface area contributed by atoms with Crippen LogP contribution >= 0.6 is 0 Å². The number of carbonyl (C=O) groups excluding carboxylic acids is 1. The summed E-state index contributed by atoms with van der Waals surface area (Å²) in [6.07, 6.45) is 1.70. The lowest BCUT2D eigenvalue weighted by atomic mass is 10.2. The minimum atomic E-state index is -0.391. The fourth-order valence-corrected chi connectivity index (χ4v) is 2.75. The standard InChI is InChI=1S/C23H24NO5/c1-18(25)27-17-21-23(29-16-20-11-7-4-8-12-20)22(13-14-24(21)26-2)28-15-19-9-5-3-6-10-19/h3-14H,15-17H2,1-2H3/q+1. The molecular formula is C23H24NO5+. The second kappa shape index (κ2) is 10.1. The molecule has 150 valence electrons. The molecule has 0 aliphatic heterocycles. The monoisotopic (exact) mass is 394 g/mol. The summed E-state index contributed by atoms with van der Waals surface area (Å²) in [6.45, 7) is 2.07. The largest absolute Gasteiger partial charge is 0.485 e. The van der Waals surface area contributed by atoms with Crippen LogP contribution in [0.4, 0.5) is 0 Å². The summed E-state index contributed by atoms with van der Waals surface area (Å²) in [7, 11) is 1.53. The van der Waals surface area contributed by atoms with E-state index in [2.05, 4.69) is 0 Å². The fourth-order valence-electron chi connectivity index (χ4n) is 2.75. The zero-order chi connectivity index (χ0) is 20.5. The van der Waals surface area contributed by atoms with Crippen LogP contribution in [0, 0.1) is 0 Å². The van der Waals surface area contributed by atoms with Gasteiger partial charge in [0.15, 0.2) is 12.4 Å². The zero-order valence-corrected chi connectivity index (χ0v) is 16.5. The second-order valence-electron chi connectivity index (χ2n) is 6.29. The van der Waals surface area contributed by atoms with Gasteiger partial charge in [0.25, 0.3) is 0 Å². The van der Waals surface area contributed by atoms with E-state index in [0.29, 0.717) is 30.4 Å². The van der Waals surface area contributed by atoms with E-state index in [1.807, 2.05) is 60.7 Å². The molecule has 0 aliphatic rings. The number of benzene rings is 2. The van der Waals surface area contributed by atoms with Gasteiger partial charge in [0.1, 0.15) is 20.3 Å². The van der Waals surface area contributed by atoms with Gasteiger partial charge in [-0.25, -0.2) is 0 Å². The van der Waals surface area contributed by atoms with Crippen LogP contribution in [0.1, 0.15) is 23.7 Å². The Morgan fingerprint density at radius 3 is 1.97 bits per heavy atom. The molecular weight excluding hydrogens is 370 g/mol. The summed E-state index contributed by atoms with van der Waals surface area (Å²) in [5.41, 5.74) is 2.59. The molecule has 3 aromatic rings. The summed E-state index contributed by atoms with van der Waals surface area (Å²) in [4.78, 5) is 16.7. The van der Waals surface area contributed by atoms with Crippen molar-refractivity contribution in [3.05, 3.63) is 89.7 Å². The first kappa shape index (κ1) is 20.2. The van der Waals surface area contributed by atoms with Gasteiger partial charge in [-0.15, -0.1) is 0 Å². The molecule has 0 spiro atoms. The highest BCUT2D eigenvalue weighted by molar-refractivity contribution is 5.66. The Bertz CT molecular complexity index is 929. The van der Waals surface area contributed by atoms with Crippen LogP contribution in [0.15, 0.2) is 72.9 Å². The minimum absolute atomic E-state index is 0.00413. The summed E-state index contributed by atoms with van der Waals surface area (Å²) < 4.78 is 18.8. The number of ether oxygens (including phenoxy) is 3. The van der Waals surface area contributed by atoms with E-state index in [1.54, 1.807) is 12.3 Å². The Kier molecular flexibility index (Phi) is 7.05. The Hall–Kier alpha value is -3.54. The van der Waals surface area contributed by atoms with Crippen LogP contribution in [-0.4, -0.2) is 13.1 Å². The topological polar surface area (TPSA) is 57.9 Å². The quantitative estimate of drug-likeness (QED) is 0.412. The number of aromatic nitrogens is 1. The average Bonchev–Trinajstić information content (AvgIpc) is 2.76. The summed E-state index contributed by atoms with van der Waals surface area (Å²) in [6, 6.07) is 21.4. The number of hydrogen-bond acceptors (Lipinski definition) is 5. The van der Waals surface area contributed by atoms with Gasteiger partial charge in [-0.1, -0.05) is 60.7 Å². The van der Waals surface area contributed by atoms with Crippen molar-refractivity contribution in [3.63, 3.8) is 0 Å². The van der Waals surface area contributed by atoms with Gasteiger partial charge >= 0.3 is 11.7 Å². The molecule has 6 nitrogen and oxygen atoms in total. The molecule has 0 amide bonds. The van der Waals surface area contributed by atoms with Crippen molar-refractivity contribution in [2.75, 3.05) is 7.11 Å². The zero-order valence-electron chi connectivity index (χ0n) is 16.5. The SMILES string of the molecule is CO[n+]1ccc(OCc2ccccc2)c(OCc2ccccc2)c1COC(C)=O. The van der Waals surface area contributed by atoms with Crippen molar-refractivity contribution in [1.29, 1.82) is 0 Å². The molecule has 0 unspecified atom stereocenters. The molecule has 6 heteroatoms. The summed E-state index contributed by atoms with van der Waals surface area (Å²) in [5, 5.41) is 0. The maximum atomic E-state index is 11.4. The van der Waals surface area contributed by atoms with E-state index >= 15 is 0 Å². The predicted molar refractivity (Wildman–Crippen MR) is 106 cm³/mol. The van der Waals surface area contributed by atoms with Crippen molar-refractivity contribution in [3.8, 4) is 11.5 Å². The smallest absolute Gasteiger partial charge is 0.316 e. The molecule has 0 saturated heterocycles. The fraction of sp³-hybridized carbons (Fsp3) is 0.217. The number of rotatable bonds is 9. The van der Waals surface area contributed by atoms with Crippen LogP contribution in [-0.2, 0) is 29.4 Å². The molecule has 0 fully saturated rings. The van der Waals surface area contributed by atoms with E-state index in [0.717, 1.165) is 11.1 Å². The van der Waals surface area contributed by atoms with Gasteiger partial charge in [0.05, 0.1) is 6.07 Å². The predicted octanol–water partition coefficient (Wildman–Crippen LogP) is 3.25. The minimum Gasteiger partial charge on any atom is -0.485 e. The molecule has 29 heavy (non-hydrogen) atoms. The third kappa shape index (κ3) is 5.72. The van der Waals surface area contributed by atoms with Gasteiger partial charge in [0, 0.05) is 11.7 Å². The first-order chi connectivity index (χ1) is 14.2. The third-order valence-corrected chi connectivity index (χ3v) is 4.19. The molecule has 0 N–H and O–H groups in total. The lowest BCUT2D eigenvalue weighted by Crippen LogP contribution is -2.45. The van der Waals surface area contributed by atoms with Crippen molar-refractivity contribution in [2.45, 2.75) is 26.7 Å². The van der Waals surface area contributed by atoms with Crippen LogP contribution < -0.4 is 19.0 Å². The van der Waals surface area contributed by atoms with E-state index in [-0.39, 0.29) is 6.61 Å². The molecule has 1 aromatic heterocycles. The van der Waals surface area contributed by atoms with E-state index in [4.69, 9.17) is 19.0 Å². The van der Waals surface area contributed by atoms with Gasteiger partial charge in [-0.2, -0.15) is 0 Å². The molecule has 0 radical (unpaired) electrons. The van der Waals surface area contributed by atoms with E-state index in [9.17, 15) is 4.79 Å². The Morgan fingerprint density at radius 2 is 1.41 bits per heavy atom. The van der Waals surface area contributed by atoms with E-state index < -0.39 is 5.97 Å².